The van der Waals surface area contributed by atoms with Gasteiger partial charge in [0.25, 0.3) is 0 Å². The molecular formula is C34H52O4. The highest BCUT2D eigenvalue weighted by molar-refractivity contribution is 5.88. The van der Waals surface area contributed by atoms with E-state index in [1.807, 2.05) is 6.08 Å². The Kier molecular flexibility index (Phi) is 8.96. The lowest BCUT2D eigenvalue weighted by Crippen LogP contribution is -2.39. The summed E-state index contributed by atoms with van der Waals surface area (Å²) >= 11 is 0. The number of Topliss-reactive ketones (excluding diaryl/α,β-unsaturated/α-hetero) is 1. The lowest BCUT2D eigenvalue weighted by Gasteiger charge is -2.47. The normalized spacial score (nSPS) is 36.1. The minimum Gasteiger partial charge on any atom is -0.393 e. The van der Waals surface area contributed by atoms with Crippen LogP contribution in [0.25, 0.3) is 0 Å². The summed E-state index contributed by atoms with van der Waals surface area (Å²) in [5, 5.41) is 31.5. The predicted octanol–water partition coefficient (Wildman–Crippen LogP) is 7.00. The molecule has 0 radical (unpaired) electrons. The fraction of sp³-hybridized carbons (Fsp3) is 0.735. The maximum absolute atomic E-state index is 12.9. The Bertz CT molecular complexity index is 980. The molecule has 0 spiro atoms. The number of aliphatic hydroxyl groups excluding tert-OH is 3. The third-order valence-corrected chi connectivity index (χ3v) is 10.8. The zero-order valence-electron chi connectivity index (χ0n) is 24.3. The van der Waals surface area contributed by atoms with Crippen LogP contribution in [0, 0.1) is 28.1 Å². The molecule has 0 aromatic rings. The van der Waals surface area contributed by atoms with Gasteiger partial charge in [0, 0.05) is 12.8 Å². The Labute approximate surface area is 231 Å². The lowest BCUT2D eigenvalue weighted by atomic mass is 9.57. The van der Waals surface area contributed by atoms with Gasteiger partial charge in [-0.3, -0.25) is 4.79 Å². The van der Waals surface area contributed by atoms with Gasteiger partial charge in [-0.05, 0) is 91.6 Å². The van der Waals surface area contributed by atoms with Crippen LogP contribution in [0.1, 0.15) is 111 Å². The number of aliphatic hydroxyl groups is 3. The standard InChI is InChI=1S/C34H52O4/c1-6-7-8-11-30(37)34(19-20-34)31(38)16-18-32(3,4)29-15-14-27-24(10-9-17-33(27,29)5)12-13-25-21-26(35)22-28(36)23(25)2/h12-13,16,18,26-29,31,35-36,38H,2,6-11,14-15,17,19-22H2,1,3-5H3/b18-16+,24-12+,25-13-/t26-,27+,28+,29-,31+,33+/m1/s1. The van der Waals surface area contributed by atoms with Crippen molar-refractivity contribution in [3.8, 4) is 0 Å². The average molecular weight is 525 g/mol. The second-order valence-corrected chi connectivity index (χ2v) is 13.8. The third kappa shape index (κ3) is 5.83. The summed E-state index contributed by atoms with van der Waals surface area (Å²) in [5.74, 6) is 1.28. The van der Waals surface area contributed by atoms with Crippen molar-refractivity contribution in [1.29, 1.82) is 0 Å². The molecule has 3 N–H and O–H groups in total. The van der Waals surface area contributed by atoms with Crippen molar-refractivity contribution in [2.45, 2.75) is 129 Å². The molecule has 4 nitrogen and oxygen atoms in total. The van der Waals surface area contributed by atoms with Crippen molar-refractivity contribution in [3.05, 3.63) is 47.6 Å². The van der Waals surface area contributed by atoms with E-state index >= 15 is 0 Å². The molecule has 0 aliphatic heterocycles. The van der Waals surface area contributed by atoms with E-state index in [9.17, 15) is 20.1 Å². The van der Waals surface area contributed by atoms with Crippen molar-refractivity contribution in [2.24, 2.45) is 28.1 Å². The molecule has 4 saturated carbocycles. The van der Waals surface area contributed by atoms with E-state index in [0.717, 1.165) is 56.1 Å². The van der Waals surface area contributed by atoms with Crippen molar-refractivity contribution in [3.63, 3.8) is 0 Å². The van der Waals surface area contributed by atoms with Crippen molar-refractivity contribution in [2.75, 3.05) is 0 Å². The topological polar surface area (TPSA) is 77.8 Å². The second-order valence-electron chi connectivity index (χ2n) is 13.8. The first-order chi connectivity index (χ1) is 17.9. The third-order valence-electron chi connectivity index (χ3n) is 10.8. The molecule has 0 bridgehead atoms. The molecule has 0 aromatic heterocycles. The van der Waals surface area contributed by atoms with E-state index in [0.29, 0.717) is 31.1 Å². The highest BCUT2D eigenvalue weighted by Crippen LogP contribution is 2.62. The van der Waals surface area contributed by atoms with Gasteiger partial charge in [0.1, 0.15) is 5.78 Å². The van der Waals surface area contributed by atoms with Crippen LogP contribution < -0.4 is 0 Å². The molecule has 0 amide bonds. The first-order valence-electron chi connectivity index (χ1n) is 15.3. The Morgan fingerprint density at radius 3 is 2.58 bits per heavy atom. The van der Waals surface area contributed by atoms with Crippen molar-refractivity contribution >= 4 is 5.78 Å². The van der Waals surface area contributed by atoms with E-state index in [1.165, 1.54) is 24.8 Å². The van der Waals surface area contributed by atoms with Gasteiger partial charge in [0.15, 0.2) is 0 Å². The zero-order chi connectivity index (χ0) is 27.7. The lowest BCUT2D eigenvalue weighted by molar-refractivity contribution is -0.127. The zero-order valence-corrected chi connectivity index (χ0v) is 24.3. The molecule has 4 rings (SSSR count). The van der Waals surface area contributed by atoms with E-state index in [2.05, 4.69) is 52.5 Å². The Morgan fingerprint density at radius 1 is 1.16 bits per heavy atom. The summed E-state index contributed by atoms with van der Waals surface area (Å²) in [4.78, 5) is 12.9. The van der Waals surface area contributed by atoms with E-state index in [-0.39, 0.29) is 16.6 Å². The summed E-state index contributed by atoms with van der Waals surface area (Å²) in [6, 6.07) is 0. The molecule has 0 saturated heterocycles. The van der Waals surface area contributed by atoms with Gasteiger partial charge in [-0.15, -0.1) is 0 Å². The molecule has 4 fully saturated rings. The van der Waals surface area contributed by atoms with Gasteiger partial charge >= 0.3 is 0 Å². The van der Waals surface area contributed by atoms with Crippen LogP contribution >= 0.6 is 0 Å². The number of fused-ring (bicyclic) bond motifs is 1. The monoisotopic (exact) mass is 524 g/mol. The maximum atomic E-state index is 12.9. The highest BCUT2D eigenvalue weighted by Gasteiger charge is 2.55. The minimum atomic E-state index is -0.677. The molecule has 38 heavy (non-hydrogen) atoms. The van der Waals surface area contributed by atoms with Gasteiger partial charge in [-0.1, -0.05) is 77.0 Å². The second kappa shape index (κ2) is 11.6. The van der Waals surface area contributed by atoms with Gasteiger partial charge in [0.05, 0.1) is 23.7 Å². The van der Waals surface area contributed by atoms with Crippen LogP contribution in [0.4, 0.5) is 0 Å². The molecule has 4 aliphatic carbocycles. The quantitative estimate of drug-likeness (QED) is 0.212. The molecule has 6 atom stereocenters. The van der Waals surface area contributed by atoms with Crippen LogP contribution in [0.5, 0.6) is 0 Å². The largest absolute Gasteiger partial charge is 0.393 e. The van der Waals surface area contributed by atoms with Crippen LogP contribution in [0.2, 0.25) is 0 Å². The Balaban J connectivity index is 1.46. The summed E-state index contributed by atoms with van der Waals surface area (Å²) in [6.45, 7) is 13.3. The van der Waals surface area contributed by atoms with Crippen LogP contribution in [0.3, 0.4) is 0 Å². The number of allylic oxidation sites excluding steroid dienone is 4. The number of ketones is 1. The van der Waals surface area contributed by atoms with Gasteiger partial charge in [-0.2, -0.15) is 0 Å². The molecule has 4 heteroatoms. The number of unbranched alkanes of at least 4 members (excludes halogenated alkanes) is 2. The Hall–Kier alpha value is -1.49. The van der Waals surface area contributed by atoms with Crippen LogP contribution in [0.15, 0.2) is 47.6 Å². The highest BCUT2D eigenvalue weighted by atomic mass is 16.3. The van der Waals surface area contributed by atoms with Gasteiger partial charge in [-0.25, -0.2) is 0 Å². The fourth-order valence-electron chi connectivity index (χ4n) is 8.23. The summed E-state index contributed by atoms with van der Waals surface area (Å²) in [6.07, 6.45) is 18.8. The molecule has 0 heterocycles. The van der Waals surface area contributed by atoms with Crippen LogP contribution in [-0.4, -0.2) is 39.4 Å². The van der Waals surface area contributed by atoms with Crippen molar-refractivity contribution in [1.82, 2.24) is 0 Å². The summed E-state index contributed by atoms with van der Waals surface area (Å²) in [5.41, 5.74) is 2.81. The van der Waals surface area contributed by atoms with Gasteiger partial charge < -0.3 is 15.3 Å². The van der Waals surface area contributed by atoms with E-state index in [1.54, 1.807) is 0 Å². The number of carbonyl (C=O) groups excluding carboxylic acids is 1. The summed E-state index contributed by atoms with van der Waals surface area (Å²) < 4.78 is 0. The summed E-state index contributed by atoms with van der Waals surface area (Å²) in [7, 11) is 0. The fourth-order valence-corrected chi connectivity index (χ4v) is 8.23. The SMILES string of the molecule is C=C1/C(=C\C=C2/CCC[C@]3(C)[C@@H](C(C)(C)/C=C/[C@H](O)C4(C(=O)CCCCC)CC4)CC[C@@H]23)C[C@@H](O)C[C@@H]1O. The molecule has 212 valence electrons. The maximum Gasteiger partial charge on any atom is 0.141 e. The molecule has 4 aliphatic rings. The number of rotatable bonds is 10. The van der Waals surface area contributed by atoms with E-state index in [4.69, 9.17) is 0 Å². The predicted molar refractivity (Wildman–Crippen MR) is 154 cm³/mol. The number of carbonyl (C=O) groups is 1. The minimum absolute atomic E-state index is 0.0708. The average Bonchev–Trinajstić information content (AvgIpc) is 3.60. The molecule has 0 aromatic carbocycles. The smallest absolute Gasteiger partial charge is 0.141 e. The number of hydrogen-bond donors (Lipinski definition) is 3. The molecular weight excluding hydrogens is 472 g/mol. The van der Waals surface area contributed by atoms with Gasteiger partial charge in [0.2, 0.25) is 0 Å². The van der Waals surface area contributed by atoms with Crippen molar-refractivity contribution < 1.29 is 20.1 Å². The Morgan fingerprint density at radius 2 is 1.89 bits per heavy atom. The van der Waals surface area contributed by atoms with E-state index < -0.39 is 23.7 Å². The number of hydrogen-bond acceptors (Lipinski definition) is 4. The molecule has 0 unspecified atom stereocenters. The first kappa shape index (κ1) is 29.5. The first-order valence-corrected chi connectivity index (χ1v) is 15.3. The van der Waals surface area contributed by atoms with Crippen LogP contribution in [-0.2, 0) is 4.79 Å².